The first-order valence-electron chi connectivity index (χ1n) is 11.5. The molecule has 35 heavy (non-hydrogen) atoms. The highest BCUT2D eigenvalue weighted by Gasteiger charge is 2.34. The highest BCUT2D eigenvalue weighted by Crippen LogP contribution is 2.37. The van der Waals surface area contributed by atoms with Crippen LogP contribution in [0.3, 0.4) is 0 Å². The number of likely N-dealkylation sites (tertiary alicyclic amines) is 1. The second-order valence-corrected chi connectivity index (χ2v) is 9.25. The molecule has 9 nitrogen and oxygen atoms in total. The lowest BCUT2D eigenvalue weighted by atomic mass is 10.1. The fourth-order valence-corrected chi connectivity index (χ4v) is 5.46. The Labute approximate surface area is 206 Å². The number of hydrogen-bond donors (Lipinski definition) is 1. The van der Waals surface area contributed by atoms with Crippen LogP contribution in [0.1, 0.15) is 41.2 Å². The van der Waals surface area contributed by atoms with Gasteiger partial charge >= 0.3 is 0 Å². The number of benzene rings is 1. The van der Waals surface area contributed by atoms with Gasteiger partial charge in [0.2, 0.25) is 5.91 Å². The van der Waals surface area contributed by atoms with Gasteiger partial charge in [0.25, 0.3) is 5.91 Å². The van der Waals surface area contributed by atoms with Crippen molar-refractivity contribution in [1.82, 2.24) is 24.4 Å². The number of hydrogen-bond acceptors (Lipinski definition) is 7. The van der Waals surface area contributed by atoms with Crippen molar-refractivity contribution < 1.29 is 14.3 Å². The Morgan fingerprint density at radius 3 is 2.89 bits per heavy atom. The molecule has 0 unspecified atom stereocenters. The average Bonchev–Trinajstić information content (AvgIpc) is 3.63. The van der Waals surface area contributed by atoms with Crippen molar-refractivity contribution in [3.8, 4) is 11.4 Å². The normalized spacial score (nSPS) is 15.6. The molecule has 0 radical (unpaired) electrons. The third-order valence-corrected chi connectivity index (χ3v) is 6.99. The van der Waals surface area contributed by atoms with E-state index in [9.17, 15) is 9.59 Å². The lowest BCUT2D eigenvalue weighted by molar-refractivity contribution is -0.119. The minimum absolute atomic E-state index is 0.0555. The highest BCUT2D eigenvalue weighted by molar-refractivity contribution is 7.09. The number of imidazole rings is 1. The molecule has 1 atom stereocenters. The van der Waals surface area contributed by atoms with Gasteiger partial charge in [-0.3, -0.25) is 14.6 Å². The Balaban J connectivity index is 1.65. The molecule has 4 aromatic rings. The van der Waals surface area contributed by atoms with Gasteiger partial charge in [-0.1, -0.05) is 0 Å². The van der Waals surface area contributed by atoms with Gasteiger partial charge in [0, 0.05) is 55.4 Å². The summed E-state index contributed by atoms with van der Waals surface area (Å²) in [7, 11) is 1.47. The molecule has 1 saturated heterocycles. The van der Waals surface area contributed by atoms with E-state index in [1.165, 1.54) is 7.11 Å². The van der Waals surface area contributed by atoms with Crippen LogP contribution in [0.2, 0.25) is 0 Å². The van der Waals surface area contributed by atoms with Crippen molar-refractivity contribution in [2.24, 2.45) is 0 Å². The monoisotopic (exact) mass is 490 g/mol. The number of fused-ring (bicyclic) bond motifs is 1. The number of methoxy groups -OCH3 is 1. The molecule has 10 heteroatoms. The van der Waals surface area contributed by atoms with Crippen LogP contribution in [0.5, 0.6) is 0 Å². The second-order valence-electron chi connectivity index (χ2n) is 8.32. The summed E-state index contributed by atoms with van der Waals surface area (Å²) in [5.41, 5.74) is 3.24. The van der Waals surface area contributed by atoms with Crippen molar-refractivity contribution in [1.29, 1.82) is 0 Å². The van der Waals surface area contributed by atoms with Crippen molar-refractivity contribution in [2.45, 2.75) is 32.4 Å². The van der Waals surface area contributed by atoms with Crippen molar-refractivity contribution in [3.05, 3.63) is 58.8 Å². The summed E-state index contributed by atoms with van der Waals surface area (Å²) in [5, 5.41) is 5.72. The smallest absolute Gasteiger partial charge is 0.256 e. The average molecular weight is 491 g/mol. The van der Waals surface area contributed by atoms with Gasteiger partial charge in [0.1, 0.15) is 17.4 Å². The van der Waals surface area contributed by atoms with E-state index in [0.29, 0.717) is 29.9 Å². The molecule has 0 saturated carbocycles. The quantitative estimate of drug-likeness (QED) is 0.418. The predicted octanol–water partition coefficient (Wildman–Crippen LogP) is 4.14. The molecule has 2 amide bonds. The van der Waals surface area contributed by atoms with Gasteiger partial charge in [0.05, 0.1) is 22.6 Å². The summed E-state index contributed by atoms with van der Waals surface area (Å²) in [6, 6.07) is 7.30. The summed E-state index contributed by atoms with van der Waals surface area (Å²) >= 11 is 1.57. The minimum atomic E-state index is -0.297. The van der Waals surface area contributed by atoms with E-state index in [2.05, 4.69) is 15.3 Å². The van der Waals surface area contributed by atoms with Crippen molar-refractivity contribution >= 4 is 39.9 Å². The summed E-state index contributed by atoms with van der Waals surface area (Å²) in [6.07, 6.45) is 7.04. The number of ether oxygens (including phenoxy) is 1. The maximum atomic E-state index is 14.1. The zero-order chi connectivity index (χ0) is 24.4. The molecule has 1 aliphatic heterocycles. The Bertz CT molecular complexity index is 1350. The maximum absolute atomic E-state index is 14.1. The van der Waals surface area contributed by atoms with Crippen molar-refractivity contribution in [3.63, 3.8) is 0 Å². The van der Waals surface area contributed by atoms with Gasteiger partial charge in [0.15, 0.2) is 0 Å². The van der Waals surface area contributed by atoms with Gasteiger partial charge in [-0.25, -0.2) is 9.97 Å². The number of aromatic nitrogens is 4. The maximum Gasteiger partial charge on any atom is 0.256 e. The number of nitrogens with zero attached hydrogens (tertiary/aromatic N) is 5. The van der Waals surface area contributed by atoms with Crippen LogP contribution in [-0.4, -0.2) is 56.5 Å². The lowest BCUT2D eigenvalue weighted by Gasteiger charge is -2.24. The molecule has 1 aromatic carbocycles. The number of thiazole rings is 1. The molecule has 0 bridgehead atoms. The SMILES string of the molecule is CCn1c(-c2cccnc2)nc2cc(NC(=O)COC)cc(C(=O)N3CCC[C@H]3c3nccs3)c21. The molecule has 3 aromatic heterocycles. The van der Waals surface area contributed by atoms with Crippen LogP contribution in [0.25, 0.3) is 22.4 Å². The van der Waals surface area contributed by atoms with E-state index in [4.69, 9.17) is 9.72 Å². The van der Waals surface area contributed by atoms with Gasteiger partial charge in [-0.05, 0) is 44.0 Å². The van der Waals surface area contributed by atoms with Crippen LogP contribution < -0.4 is 5.32 Å². The van der Waals surface area contributed by atoms with Gasteiger partial charge < -0.3 is 19.5 Å². The summed E-state index contributed by atoms with van der Waals surface area (Å²) in [4.78, 5) is 41.8. The first kappa shape index (κ1) is 23.1. The fourth-order valence-electron chi connectivity index (χ4n) is 4.68. The van der Waals surface area contributed by atoms with E-state index < -0.39 is 0 Å². The Morgan fingerprint density at radius 1 is 1.29 bits per heavy atom. The number of anilines is 1. The molecular formula is C25H26N6O3S. The molecule has 5 rings (SSSR count). The van der Waals surface area contributed by atoms with Crippen LogP contribution in [0, 0.1) is 0 Å². The first-order chi connectivity index (χ1) is 17.1. The number of pyridine rings is 1. The van der Waals surface area contributed by atoms with E-state index in [-0.39, 0.29) is 24.5 Å². The fraction of sp³-hybridized carbons (Fsp3) is 0.320. The Morgan fingerprint density at radius 2 is 2.17 bits per heavy atom. The summed E-state index contributed by atoms with van der Waals surface area (Å²) in [6.45, 7) is 3.22. The molecular weight excluding hydrogens is 464 g/mol. The molecule has 180 valence electrons. The minimum Gasteiger partial charge on any atom is -0.375 e. The van der Waals surface area contributed by atoms with Gasteiger partial charge in [-0.15, -0.1) is 11.3 Å². The summed E-state index contributed by atoms with van der Waals surface area (Å²) in [5.74, 6) is 0.334. The van der Waals surface area contributed by atoms with Crippen molar-refractivity contribution in [2.75, 3.05) is 25.6 Å². The number of nitrogens with one attached hydrogen (secondary N) is 1. The highest BCUT2D eigenvalue weighted by atomic mass is 32.1. The van der Waals surface area contributed by atoms with Crippen LogP contribution in [0.4, 0.5) is 5.69 Å². The van der Waals surface area contributed by atoms with Gasteiger partial charge in [-0.2, -0.15) is 0 Å². The van der Waals surface area contributed by atoms with E-state index in [1.807, 2.05) is 33.9 Å². The zero-order valence-electron chi connectivity index (χ0n) is 19.6. The van der Waals surface area contributed by atoms with Crippen LogP contribution in [0.15, 0.2) is 48.2 Å². The molecule has 1 N–H and O–H groups in total. The molecule has 4 heterocycles. The standard InChI is InChI=1S/C25H26N6O3S/c1-3-30-22-18(25(33)31-10-5-7-20(31)24-27-9-11-35-24)12-17(28-21(32)15-34-2)13-19(22)29-23(30)16-6-4-8-26-14-16/h4,6,8-9,11-14,20H,3,5,7,10,15H2,1-2H3,(H,28,32)/t20-/m0/s1. The number of carbonyl (C=O) groups excluding carboxylic acids is 2. The number of amides is 2. The molecule has 0 aliphatic carbocycles. The topological polar surface area (TPSA) is 102 Å². The van der Waals surface area contributed by atoms with Crippen LogP contribution in [-0.2, 0) is 16.1 Å². The van der Waals surface area contributed by atoms with E-state index in [0.717, 1.165) is 34.8 Å². The third-order valence-electron chi connectivity index (χ3n) is 6.12. The third kappa shape index (κ3) is 4.42. The molecule has 0 spiro atoms. The van der Waals surface area contributed by atoms with E-state index in [1.54, 1.807) is 42.1 Å². The van der Waals surface area contributed by atoms with E-state index >= 15 is 0 Å². The number of carbonyl (C=O) groups is 2. The Hall–Kier alpha value is -3.63. The van der Waals surface area contributed by atoms with Crippen LogP contribution >= 0.6 is 11.3 Å². The first-order valence-corrected chi connectivity index (χ1v) is 12.4. The summed E-state index contributed by atoms with van der Waals surface area (Å²) < 4.78 is 6.99. The number of aryl methyl sites for hydroxylation is 1. The predicted molar refractivity (Wildman–Crippen MR) is 134 cm³/mol. The second kappa shape index (κ2) is 9.93. The largest absolute Gasteiger partial charge is 0.375 e. The lowest BCUT2D eigenvalue weighted by Crippen LogP contribution is -2.31. The number of rotatable bonds is 7. The molecule has 1 fully saturated rings. The molecule has 1 aliphatic rings. The Kier molecular flexibility index (Phi) is 6.56. The zero-order valence-corrected chi connectivity index (χ0v) is 20.4.